The van der Waals surface area contributed by atoms with Gasteiger partial charge in [0.15, 0.2) is 0 Å². The molecule has 1 aromatic rings. The standard InChI is InChI=1S/C17H25N3O2/c1-13(2)12-19-10-11-20(14(3)17(19)22)16(21)5-4-15-6-8-18-9-7-15/h6-9,13-14H,4-5,10-12H2,1-3H3/t14-/m0/s1. The first kappa shape index (κ1) is 16.5. The zero-order valence-corrected chi connectivity index (χ0v) is 13.7. The quantitative estimate of drug-likeness (QED) is 0.832. The van der Waals surface area contributed by atoms with Gasteiger partial charge in [0.05, 0.1) is 0 Å². The van der Waals surface area contributed by atoms with Crippen LogP contribution in [0.2, 0.25) is 0 Å². The fraction of sp³-hybridized carbons (Fsp3) is 0.588. The second-order valence-electron chi connectivity index (χ2n) is 6.30. The van der Waals surface area contributed by atoms with Crippen LogP contribution in [0, 0.1) is 5.92 Å². The monoisotopic (exact) mass is 303 g/mol. The molecule has 5 nitrogen and oxygen atoms in total. The molecule has 0 radical (unpaired) electrons. The summed E-state index contributed by atoms with van der Waals surface area (Å²) < 4.78 is 0. The van der Waals surface area contributed by atoms with E-state index >= 15 is 0 Å². The van der Waals surface area contributed by atoms with Gasteiger partial charge in [-0.05, 0) is 37.0 Å². The second kappa shape index (κ2) is 7.38. The number of carbonyl (C=O) groups is 2. The third kappa shape index (κ3) is 4.06. The molecule has 1 aliphatic heterocycles. The Kier molecular flexibility index (Phi) is 5.52. The minimum Gasteiger partial charge on any atom is -0.339 e. The maximum absolute atomic E-state index is 12.4. The number of hydrogen-bond donors (Lipinski definition) is 0. The zero-order valence-electron chi connectivity index (χ0n) is 13.7. The molecule has 2 heterocycles. The second-order valence-corrected chi connectivity index (χ2v) is 6.30. The van der Waals surface area contributed by atoms with Crippen molar-refractivity contribution in [3.63, 3.8) is 0 Å². The van der Waals surface area contributed by atoms with Gasteiger partial charge in [-0.3, -0.25) is 14.6 Å². The first-order chi connectivity index (χ1) is 10.5. The van der Waals surface area contributed by atoms with E-state index in [-0.39, 0.29) is 17.9 Å². The Balaban J connectivity index is 1.90. The molecular formula is C17H25N3O2. The Morgan fingerprint density at radius 2 is 2.00 bits per heavy atom. The van der Waals surface area contributed by atoms with Crippen LogP contribution in [-0.4, -0.2) is 52.3 Å². The number of hydrogen-bond acceptors (Lipinski definition) is 3. The Hall–Kier alpha value is -1.91. The van der Waals surface area contributed by atoms with Crippen LogP contribution in [0.1, 0.15) is 32.8 Å². The van der Waals surface area contributed by atoms with Crippen molar-refractivity contribution in [3.05, 3.63) is 30.1 Å². The lowest BCUT2D eigenvalue weighted by Crippen LogP contribution is -2.58. The summed E-state index contributed by atoms with van der Waals surface area (Å²) in [5.41, 5.74) is 1.10. The van der Waals surface area contributed by atoms with Gasteiger partial charge in [-0.15, -0.1) is 0 Å². The fourth-order valence-electron chi connectivity index (χ4n) is 2.84. The van der Waals surface area contributed by atoms with Crippen LogP contribution in [0.4, 0.5) is 0 Å². The van der Waals surface area contributed by atoms with Crippen LogP contribution in [0.5, 0.6) is 0 Å². The van der Waals surface area contributed by atoms with Crippen molar-refractivity contribution >= 4 is 11.8 Å². The van der Waals surface area contributed by atoms with Crippen molar-refractivity contribution in [3.8, 4) is 0 Å². The van der Waals surface area contributed by atoms with E-state index in [9.17, 15) is 9.59 Å². The molecule has 2 rings (SSSR count). The molecule has 22 heavy (non-hydrogen) atoms. The Bertz CT molecular complexity index is 516. The van der Waals surface area contributed by atoms with Crippen LogP contribution in [-0.2, 0) is 16.0 Å². The summed E-state index contributed by atoms with van der Waals surface area (Å²) in [6, 6.07) is 3.49. The molecule has 5 heteroatoms. The van der Waals surface area contributed by atoms with Crippen molar-refractivity contribution in [2.24, 2.45) is 5.92 Å². The maximum atomic E-state index is 12.4. The lowest BCUT2D eigenvalue weighted by atomic mass is 10.1. The zero-order chi connectivity index (χ0) is 16.1. The normalized spacial score (nSPS) is 18.9. The summed E-state index contributed by atoms with van der Waals surface area (Å²) in [4.78, 5) is 32.3. The van der Waals surface area contributed by atoms with Gasteiger partial charge in [-0.25, -0.2) is 0 Å². The Morgan fingerprint density at radius 3 is 2.64 bits per heavy atom. The summed E-state index contributed by atoms with van der Waals surface area (Å²) >= 11 is 0. The van der Waals surface area contributed by atoms with Crippen molar-refractivity contribution in [2.45, 2.75) is 39.7 Å². The molecule has 1 fully saturated rings. The molecule has 0 saturated carbocycles. The van der Waals surface area contributed by atoms with E-state index in [1.54, 1.807) is 17.3 Å². The van der Waals surface area contributed by atoms with Crippen LogP contribution in [0.15, 0.2) is 24.5 Å². The van der Waals surface area contributed by atoms with Crippen molar-refractivity contribution < 1.29 is 9.59 Å². The first-order valence-corrected chi connectivity index (χ1v) is 7.96. The molecule has 1 atom stereocenters. The molecule has 1 aliphatic rings. The van der Waals surface area contributed by atoms with E-state index in [1.165, 1.54) is 0 Å². The van der Waals surface area contributed by atoms with Gasteiger partial charge in [-0.1, -0.05) is 13.8 Å². The van der Waals surface area contributed by atoms with Crippen LogP contribution in [0.3, 0.4) is 0 Å². The van der Waals surface area contributed by atoms with E-state index in [0.717, 1.165) is 12.1 Å². The number of rotatable bonds is 5. The molecule has 0 N–H and O–H groups in total. The first-order valence-electron chi connectivity index (χ1n) is 7.96. The minimum absolute atomic E-state index is 0.0573. The van der Waals surface area contributed by atoms with E-state index < -0.39 is 0 Å². The predicted molar refractivity (Wildman–Crippen MR) is 85.2 cm³/mol. The number of nitrogens with zero attached hydrogens (tertiary/aromatic N) is 3. The van der Waals surface area contributed by atoms with E-state index in [4.69, 9.17) is 0 Å². The van der Waals surface area contributed by atoms with Gasteiger partial charge in [0, 0.05) is 38.4 Å². The molecule has 1 aromatic heterocycles. The van der Waals surface area contributed by atoms with Gasteiger partial charge in [-0.2, -0.15) is 0 Å². The van der Waals surface area contributed by atoms with Crippen molar-refractivity contribution in [1.82, 2.24) is 14.8 Å². The van der Waals surface area contributed by atoms with E-state index in [0.29, 0.717) is 31.8 Å². The SMILES string of the molecule is CC(C)CN1CCN(C(=O)CCc2ccncc2)[C@@H](C)C1=O. The Labute approximate surface area is 132 Å². The summed E-state index contributed by atoms with van der Waals surface area (Å²) in [5.74, 6) is 0.573. The highest BCUT2D eigenvalue weighted by Gasteiger charge is 2.33. The lowest BCUT2D eigenvalue weighted by Gasteiger charge is -2.39. The smallest absolute Gasteiger partial charge is 0.245 e. The molecular weight excluding hydrogens is 278 g/mol. The number of amides is 2. The number of pyridine rings is 1. The topological polar surface area (TPSA) is 53.5 Å². The minimum atomic E-state index is -0.350. The molecule has 0 aliphatic carbocycles. The van der Waals surface area contributed by atoms with Crippen molar-refractivity contribution in [2.75, 3.05) is 19.6 Å². The molecule has 0 aromatic carbocycles. The highest BCUT2D eigenvalue weighted by molar-refractivity contribution is 5.88. The number of piperazine rings is 1. The largest absolute Gasteiger partial charge is 0.339 e. The molecule has 1 saturated heterocycles. The van der Waals surface area contributed by atoms with Crippen molar-refractivity contribution in [1.29, 1.82) is 0 Å². The van der Waals surface area contributed by atoms with Gasteiger partial charge in [0.1, 0.15) is 6.04 Å². The van der Waals surface area contributed by atoms with E-state index in [1.807, 2.05) is 24.0 Å². The summed E-state index contributed by atoms with van der Waals surface area (Å²) in [5, 5.41) is 0. The van der Waals surface area contributed by atoms with Crippen LogP contribution >= 0.6 is 0 Å². The number of carbonyl (C=O) groups excluding carboxylic acids is 2. The fourth-order valence-corrected chi connectivity index (χ4v) is 2.84. The van der Waals surface area contributed by atoms with Gasteiger partial charge in [0.2, 0.25) is 11.8 Å². The lowest BCUT2D eigenvalue weighted by molar-refractivity contribution is -0.151. The molecule has 0 unspecified atom stereocenters. The predicted octanol–water partition coefficient (Wildman–Crippen LogP) is 1.73. The Morgan fingerprint density at radius 1 is 1.32 bits per heavy atom. The van der Waals surface area contributed by atoms with E-state index in [2.05, 4.69) is 18.8 Å². The number of aryl methyl sites for hydroxylation is 1. The average molecular weight is 303 g/mol. The third-order valence-corrected chi connectivity index (χ3v) is 4.03. The molecule has 0 spiro atoms. The maximum Gasteiger partial charge on any atom is 0.245 e. The van der Waals surface area contributed by atoms with Gasteiger partial charge in [0.25, 0.3) is 0 Å². The highest BCUT2D eigenvalue weighted by atomic mass is 16.2. The summed E-state index contributed by atoms with van der Waals surface area (Å²) in [7, 11) is 0. The van der Waals surface area contributed by atoms with Crippen LogP contribution in [0.25, 0.3) is 0 Å². The molecule has 120 valence electrons. The third-order valence-electron chi connectivity index (χ3n) is 4.03. The summed E-state index contributed by atoms with van der Waals surface area (Å²) in [6.07, 6.45) is 4.59. The highest BCUT2D eigenvalue weighted by Crippen LogP contribution is 2.15. The number of aromatic nitrogens is 1. The van der Waals surface area contributed by atoms with Gasteiger partial charge >= 0.3 is 0 Å². The molecule has 0 bridgehead atoms. The summed E-state index contributed by atoms with van der Waals surface area (Å²) in [6.45, 7) is 8.08. The molecule has 2 amide bonds. The van der Waals surface area contributed by atoms with Crippen LogP contribution < -0.4 is 0 Å². The van der Waals surface area contributed by atoms with Gasteiger partial charge < -0.3 is 9.80 Å². The average Bonchev–Trinajstić information content (AvgIpc) is 2.50.